The number of benzene rings is 1. The number of nitrogens with two attached hydrogens (primary N) is 1. The second-order valence-corrected chi connectivity index (χ2v) is 6.31. The van der Waals surface area contributed by atoms with Crippen LogP contribution in [-0.2, 0) is 0 Å². The number of rotatable bonds is 1. The Hall–Kier alpha value is -3.07. The summed E-state index contributed by atoms with van der Waals surface area (Å²) in [7, 11) is 1.99. The Labute approximate surface area is 141 Å². The van der Waals surface area contributed by atoms with Gasteiger partial charge in [0.05, 0.1) is 23.4 Å². The lowest BCUT2D eigenvalue weighted by Gasteiger charge is -2.45. The van der Waals surface area contributed by atoms with Crippen LogP contribution in [0.5, 0.6) is 0 Å². The van der Waals surface area contributed by atoms with Gasteiger partial charge in [0.1, 0.15) is 6.07 Å². The molecule has 0 amide bonds. The number of hydrogen-bond donors (Lipinski definition) is 1. The quantitative estimate of drug-likeness (QED) is 0.854. The molecule has 0 aromatic heterocycles. The Bertz CT molecular complexity index is 830. The first-order valence-electron chi connectivity index (χ1n) is 7.75. The van der Waals surface area contributed by atoms with E-state index in [0.717, 1.165) is 17.7 Å². The van der Waals surface area contributed by atoms with Crippen LogP contribution in [0.2, 0.25) is 0 Å². The van der Waals surface area contributed by atoms with Gasteiger partial charge in [-0.15, -0.1) is 0 Å². The zero-order valence-electron chi connectivity index (χ0n) is 13.4. The summed E-state index contributed by atoms with van der Waals surface area (Å²) in [6.45, 7) is 1.40. The smallest absolute Gasteiger partial charge is 0.191 e. The minimum Gasteiger partial charge on any atom is -0.399 e. The summed E-state index contributed by atoms with van der Waals surface area (Å²) in [5.41, 5.74) is 6.82. The van der Waals surface area contributed by atoms with E-state index in [9.17, 15) is 15.8 Å². The average Bonchev–Trinajstić information content (AvgIpc) is 2.62. The predicted molar refractivity (Wildman–Crippen MR) is 88.7 cm³/mol. The molecule has 2 aliphatic rings. The van der Waals surface area contributed by atoms with Crippen molar-refractivity contribution < 1.29 is 0 Å². The Morgan fingerprint density at radius 3 is 2.42 bits per heavy atom. The predicted octanol–water partition coefficient (Wildman–Crippen LogP) is 2.04. The van der Waals surface area contributed by atoms with Gasteiger partial charge in [0, 0.05) is 24.9 Å². The number of likely N-dealkylation sites (N-methyl/N-ethyl adjacent to an activating group) is 1. The summed E-state index contributed by atoms with van der Waals surface area (Å²) in [5.74, 6) is -0.521. The largest absolute Gasteiger partial charge is 0.399 e. The van der Waals surface area contributed by atoms with Crippen LogP contribution in [-0.4, -0.2) is 25.0 Å². The number of fused-ring (bicyclic) bond motifs is 1. The van der Waals surface area contributed by atoms with E-state index in [0.29, 0.717) is 12.1 Å². The molecule has 1 aromatic carbocycles. The highest BCUT2D eigenvalue weighted by molar-refractivity contribution is 5.59. The van der Waals surface area contributed by atoms with Crippen molar-refractivity contribution in [3.8, 4) is 18.2 Å². The van der Waals surface area contributed by atoms with Gasteiger partial charge in [0.2, 0.25) is 0 Å². The van der Waals surface area contributed by atoms with Gasteiger partial charge >= 0.3 is 0 Å². The van der Waals surface area contributed by atoms with Gasteiger partial charge in [-0.25, -0.2) is 0 Å². The maximum atomic E-state index is 9.88. The minimum atomic E-state index is -1.54. The van der Waals surface area contributed by atoms with Gasteiger partial charge in [-0.05, 0) is 18.2 Å². The molecule has 1 aliphatic heterocycles. The van der Waals surface area contributed by atoms with Gasteiger partial charge in [-0.3, -0.25) is 0 Å². The monoisotopic (exact) mass is 315 g/mol. The number of nitriles is 3. The van der Waals surface area contributed by atoms with Gasteiger partial charge in [0.25, 0.3) is 0 Å². The van der Waals surface area contributed by atoms with Gasteiger partial charge in [-0.1, -0.05) is 36.4 Å². The third-order valence-corrected chi connectivity index (χ3v) is 5.01. The fourth-order valence-electron chi connectivity index (χ4n) is 3.86. The van der Waals surface area contributed by atoms with E-state index in [2.05, 4.69) is 23.1 Å². The molecule has 24 heavy (non-hydrogen) atoms. The van der Waals surface area contributed by atoms with Crippen LogP contribution in [0, 0.1) is 45.3 Å². The van der Waals surface area contributed by atoms with Crippen LogP contribution in [0.15, 0.2) is 53.3 Å². The second-order valence-electron chi connectivity index (χ2n) is 6.31. The molecule has 2 N–H and O–H groups in total. The van der Waals surface area contributed by atoms with Crippen LogP contribution in [0.25, 0.3) is 0 Å². The van der Waals surface area contributed by atoms with E-state index in [1.165, 1.54) is 0 Å². The Morgan fingerprint density at radius 1 is 1.17 bits per heavy atom. The minimum absolute atomic E-state index is 0.0795. The summed E-state index contributed by atoms with van der Waals surface area (Å²) in [6.07, 6.45) is 1.99. The summed E-state index contributed by atoms with van der Waals surface area (Å²) < 4.78 is 0. The first-order valence-corrected chi connectivity index (χ1v) is 7.75. The average molecular weight is 315 g/mol. The molecule has 0 radical (unpaired) electrons. The van der Waals surface area contributed by atoms with Crippen molar-refractivity contribution in [1.29, 1.82) is 15.8 Å². The van der Waals surface area contributed by atoms with Crippen LogP contribution in [0.3, 0.4) is 0 Å². The molecule has 0 spiro atoms. The third-order valence-electron chi connectivity index (χ3n) is 5.01. The molecular formula is C19H17N5. The van der Waals surface area contributed by atoms with E-state index < -0.39 is 11.3 Å². The normalized spacial score (nSPS) is 25.7. The summed E-state index contributed by atoms with van der Waals surface area (Å²) in [4.78, 5) is 2.13. The Morgan fingerprint density at radius 2 is 1.83 bits per heavy atom. The molecule has 0 saturated carbocycles. The summed E-state index contributed by atoms with van der Waals surface area (Å²) in [5, 5.41) is 29.4. The fourth-order valence-corrected chi connectivity index (χ4v) is 3.86. The Balaban J connectivity index is 2.33. The molecule has 0 bridgehead atoms. The standard InChI is InChI=1S/C19H17N5/c1-24-8-7-14-15(9-20)18(23)19(11-21,12-22)17(16(14)10-24)13-5-3-2-4-6-13/h2-7,16-17H,8,10,23H2,1H3/t16-,17-/m0/s1. The molecule has 0 saturated heterocycles. The van der Waals surface area contributed by atoms with Crippen LogP contribution in [0.1, 0.15) is 11.5 Å². The van der Waals surface area contributed by atoms with Crippen molar-refractivity contribution in [1.82, 2.24) is 4.90 Å². The van der Waals surface area contributed by atoms with Crippen molar-refractivity contribution in [3.05, 3.63) is 58.8 Å². The lowest BCUT2D eigenvalue weighted by Crippen LogP contribution is -2.47. The van der Waals surface area contributed by atoms with Gasteiger partial charge in [0.15, 0.2) is 5.41 Å². The second kappa shape index (κ2) is 5.85. The molecule has 3 rings (SSSR count). The highest BCUT2D eigenvalue weighted by Crippen LogP contribution is 2.53. The zero-order valence-corrected chi connectivity index (χ0v) is 13.4. The van der Waals surface area contributed by atoms with E-state index in [1.54, 1.807) is 0 Å². The number of nitrogens with zero attached hydrogens (tertiary/aromatic N) is 4. The van der Waals surface area contributed by atoms with E-state index in [1.807, 2.05) is 43.5 Å². The fraction of sp³-hybridized carbons (Fsp3) is 0.316. The van der Waals surface area contributed by atoms with Crippen LogP contribution < -0.4 is 5.73 Å². The molecule has 1 aromatic rings. The number of allylic oxidation sites excluding steroid dienone is 2. The van der Waals surface area contributed by atoms with Crippen LogP contribution >= 0.6 is 0 Å². The van der Waals surface area contributed by atoms with Crippen molar-refractivity contribution >= 4 is 0 Å². The maximum Gasteiger partial charge on any atom is 0.191 e. The molecule has 1 aliphatic carbocycles. The van der Waals surface area contributed by atoms with Crippen molar-refractivity contribution in [2.24, 2.45) is 17.1 Å². The molecule has 2 atom stereocenters. The van der Waals surface area contributed by atoms with Crippen molar-refractivity contribution in [3.63, 3.8) is 0 Å². The highest BCUT2D eigenvalue weighted by Gasteiger charge is 2.54. The Kier molecular flexibility index (Phi) is 3.86. The topological polar surface area (TPSA) is 101 Å². The molecule has 5 nitrogen and oxygen atoms in total. The van der Waals surface area contributed by atoms with Gasteiger partial charge < -0.3 is 10.6 Å². The molecule has 0 unspecified atom stereocenters. The van der Waals surface area contributed by atoms with Crippen molar-refractivity contribution in [2.75, 3.05) is 20.1 Å². The molecule has 0 fully saturated rings. The SMILES string of the molecule is CN1CC=C2C(C#N)=C(N)C(C#N)(C#N)[C@@H](c3ccccc3)[C@H]2C1. The lowest BCUT2D eigenvalue weighted by molar-refractivity contribution is 0.237. The number of hydrogen-bond acceptors (Lipinski definition) is 5. The first-order chi connectivity index (χ1) is 11.6. The molecule has 1 heterocycles. The lowest BCUT2D eigenvalue weighted by atomic mass is 9.58. The third kappa shape index (κ3) is 2.09. The first kappa shape index (κ1) is 15.8. The highest BCUT2D eigenvalue weighted by atomic mass is 15.1. The van der Waals surface area contributed by atoms with Crippen LogP contribution in [0.4, 0.5) is 0 Å². The molecular weight excluding hydrogens is 298 g/mol. The maximum absolute atomic E-state index is 9.88. The summed E-state index contributed by atoms with van der Waals surface area (Å²) in [6, 6.07) is 15.9. The van der Waals surface area contributed by atoms with E-state index >= 15 is 0 Å². The van der Waals surface area contributed by atoms with Crippen molar-refractivity contribution in [2.45, 2.75) is 5.92 Å². The summed E-state index contributed by atoms with van der Waals surface area (Å²) >= 11 is 0. The molecule has 5 heteroatoms. The molecule has 118 valence electrons. The zero-order chi connectivity index (χ0) is 17.3. The van der Waals surface area contributed by atoms with E-state index in [-0.39, 0.29) is 11.6 Å². The van der Waals surface area contributed by atoms with E-state index in [4.69, 9.17) is 5.73 Å². The van der Waals surface area contributed by atoms with Gasteiger partial charge in [-0.2, -0.15) is 15.8 Å².